The molecule has 9 heteroatoms. The third-order valence-corrected chi connectivity index (χ3v) is 6.11. The van der Waals surface area contributed by atoms with Gasteiger partial charge in [-0.05, 0) is 61.2 Å². The molecule has 0 aromatic heterocycles. The van der Waals surface area contributed by atoms with E-state index in [-0.39, 0.29) is 18.7 Å². The Balaban J connectivity index is 1.76. The smallest absolute Gasteiger partial charge is 0.313 e. The van der Waals surface area contributed by atoms with E-state index < -0.39 is 20.0 Å². The summed E-state index contributed by atoms with van der Waals surface area (Å²) in [4.78, 5) is 9.15. The molecule has 0 fully saturated rings. The summed E-state index contributed by atoms with van der Waals surface area (Å²) in [6.07, 6.45) is 0.121. The molecular weight excluding hydrogens is 446 g/mol. The molecule has 170 valence electrons. The van der Waals surface area contributed by atoms with Gasteiger partial charge in [0.25, 0.3) is 0 Å². The second kappa shape index (κ2) is 13.9. The maximum absolute atomic E-state index is 13.5. The lowest BCUT2D eigenvalue weighted by Gasteiger charge is -2.15. The number of thioether (sulfide) groups is 1. The Morgan fingerprint density at radius 3 is 2.52 bits per heavy atom. The van der Waals surface area contributed by atoms with Gasteiger partial charge in [0.05, 0.1) is 5.56 Å². The Kier molecular flexibility index (Phi) is 11.5. The second-order valence-electron chi connectivity index (χ2n) is 7.06. The number of unbranched alkanes of at least 4 members (excludes halogenated alkanes) is 2. The van der Waals surface area contributed by atoms with Crippen molar-refractivity contribution in [1.82, 2.24) is 5.32 Å². The summed E-state index contributed by atoms with van der Waals surface area (Å²) in [6, 6.07) is 14.7. The molecule has 0 saturated heterocycles. The van der Waals surface area contributed by atoms with E-state index in [4.69, 9.17) is 4.89 Å². The summed E-state index contributed by atoms with van der Waals surface area (Å²) in [5, 5.41) is 2.92. The minimum absolute atomic E-state index is 0.0739. The predicted octanol–water partition coefficient (Wildman–Crippen LogP) is 6.36. The molecule has 2 N–H and O–H groups in total. The first-order valence-electron chi connectivity index (χ1n) is 10.2. The first kappa shape index (κ1) is 25.8. The number of halogens is 3. The van der Waals surface area contributed by atoms with Crippen LogP contribution in [0.1, 0.15) is 42.4 Å². The molecule has 0 saturated carbocycles. The first-order chi connectivity index (χ1) is 14.9. The third-order valence-electron chi connectivity index (χ3n) is 4.62. The van der Waals surface area contributed by atoms with E-state index in [1.54, 1.807) is 6.07 Å². The molecule has 0 bridgehead atoms. The zero-order valence-electron chi connectivity index (χ0n) is 17.2. The van der Waals surface area contributed by atoms with Crippen molar-refractivity contribution in [1.29, 1.82) is 0 Å². The quantitative estimate of drug-likeness (QED) is 0.190. The topological polar surface area (TPSA) is 58.6 Å². The minimum atomic E-state index is -4.42. The van der Waals surface area contributed by atoms with Crippen molar-refractivity contribution in [3.05, 3.63) is 65.2 Å². The summed E-state index contributed by atoms with van der Waals surface area (Å²) in [5.41, 5.74) is 0.878. The van der Waals surface area contributed by atoms with E-state index in [1.165, 1.54) is 29.5 Å². The van der Waals surface area contributed by atoms with Crippen LogP contribution < -0.4 is 5.32 Å². The molecule has 1 unspecified atom stereocenters. The van der Waals surface area contributed by atoms with Crippen LogP contribution in [0.25, 0.3) is 0 Å². The van der Waals surface area contributed by atoms with Gasteiger partial charge in [-0.25, -0.2) is 0 Å². The van der Waals surface area contributed by atoms with Crippen LogP contribution in [0.4, 0.5) is 13.2 Å². The minimum Gasteiger partial charge on any atom is -0.313 e. The van der Waals surface area contributed by atoms with Crippen LogP contribution >= 0.6 is 20.0 Å². The zero-order valence-corrected chi connectivity index (χ0v) is 18.9. The number of hydrogen-bond acceptors (Lipinski definition) is 4. The molecule has 0 radical (unpaired) electrons. The molecule has 4 nitrogen and oxygen atoms in total. The van der Waals surface area contributed by atoms with Crippen molar-refractivity contribution in [2.75, 3.05) is 18.9 Å². The molecule has 2 rings (SSSR count). The van der Waals surface area contributed by atoms with Crippen molar-refractivity contribution in [2.24, 2.45) is 0 Å². The standard InChI is InChI=1S/C22H27F3NO3PS/c23-22(24,25)21-16-20(12-11-19(21)17-26-13-7-14-29-30(27)28)31-15-6-2-5-10-18-8-3-1-4-9-18/h1,3-4,8-9,11-12,16,26H,2,5-7,10,13-15,17H2/p+1. The normalized spacial score (nSPS) is 12.2. The van der Waals surface area contributed by atoms with Crippen LogP contribution in [0.2, 0.25) is 0 Å². The first-order valence-corrected chi connectivity index (χ1v) is 12.3. The summed E-state index contributed by atoms with van der Waals surface area (Å²) in [5.74, 6) is 0.788. The molecule has 0 aliphatic carbocycles. The zero-order chi connectivity index (χ0) is 22.5. The van der Waals surface area contributed by atoms with Crippen molar-refractivity contribution in [3.8, 4) is 0 Å². The van der Waals surface area contributed by atoms with Gasteiger partial charge in [0.2, 0.25) is 0 Å². The Bertz CT molecular complexity index is 806. The average Bonchev–Trinajstić information content (AvgIpc) is 2.73. The SMILES string of the molecule is O=[P+](O)OCCCNCc1ccc(SCCCCCc2ccccc2)cc1C(F)(F)F. The lowest BCUT2D eigenvalue weighted by atomic mass is 10.1. The summed E-state index contributed by atoms with van der Waals surface area (Å²) < 4.78 is 55.4. The van der Waals surface area contributed by atoms with E-state index >= 15 is 0 Å². The van der Waals surface area contributed by atoms with E-state index in [0.29, 0.717) is 17.9 Å². The Morgan fingerprint density at radius 2 is 1.81 bits per heavy atom. The lowest BCUT2D eigenvalue weighted by Crippen LogP contribution is -2.19. The number of nitrogens with one attached hydrogen (secondary N) is 1. The highest BCUT2D eigenvalue weighted by atomic mass is 32.2. The van der Waals surface area contributed by atoms with Crippen LogP contribution in [-0.4, -0.2) is 23.8 Å². The van der Waals surface area contributed by atoms with Crippen LogP contribution in [0.15, 0.2) is 53.4 Å². The van der Waals surface area contributed by atoms with Gasteiger partial charge < -0.3 is 5.32 Å². The number of alkyl halides is 3. The van der Waals surface area contributed by atoms with Crippen LogP contribution in [0.5, 0.6) is 0 Å². The molecule has 2 aromatic rings. The Hall–Kier alpha value is -1.44. The van der Waals surface area contributed by atoms with Crippen LogP contribution in [0, 0.1) is 0 Å². The second-order valence-corrected chi connectivity index (χ2v) is 8.97. The van der Waals surface area contributed by atoms with Crippen molar-refractivity contribution in [3.63, 3.8) is 0 Å². The number of rotatable bonds is 14. The monoisotopic (exact) mass is 474 g/mol. The molecule has 0 aliphatic rings. The number of benzene rings is 2. The fraction of sp³-hybridized carbons (Fsp3) is 0.455. The fourth-order valence-corrected chi connectivity index (χ4v) is 4.30. The third kappa shape index (κ3) is 10.6. The maximum Gasteiger partial charge on any atom is 0.694 e. The van der Waals surface area contributed by atoms with Gasteiger partial charge >= 0.3 is 14.4 Å². The molecule has 0 spiro atoms. The number of hydrogen-bond donors (Lipinski definition) is 2. The van der Waals surface area contributed by atoms with Gasteiger partial charge in [-0.1, -0.05) is 42.8 Å². The van der Waals surface area contributed by atoms with E-state index in [1.807, 2.05) is 18.2 Å². The van der Waals surface area contributed by atoms with Gasteiger partial charge in [-0.15, -0.1) is 21.2 Å². The molecule has 0 aliphatic heterocycles. The highest BCUT2D eigenvalue weighted by Gasteiger charge is 2.33. The lowest BCUT2D eigenvalue weighted by molar-refractivity contribution is -0.138. The summed E-state index contributed by atoms with van der Waals surface area (Å²) in [6.45, 7) is 0.538. The highest BCUT2D eigenvalue weighted by Crippen LogP contribution is 2.35. The number of aryl methyl sites for hydroxylation is 1. The average molecular weight is 475 g/mol. The van der Waals surface area contributed by atoms with Gasteiger partial charge in [-0.3, -0.25) is 0 Å². The fourth-order valence-electron chi connectivity index (χ4n) is 3.07. The molecule has 0 amide bonds. The summed E-state index contributed by atoms with van der Waals surface area (Å²) in [7, 11) is -2.64. The highest BCUT2D eigenvalue weighted by molar-refractivity contribution is 7.99. The van der Waals surface area contributed by atoms with Gasteiger partial charge in [-0.2, -0.15) is 13.2 Å². The van der Waals surface area contributed by atoms with Gasteiger partial charge in [0.1, 0.15) is 6.61 Å². The van der Waals surface area contributed by atoms with Crippen molar-refractivity contribution < 1.29 is 27.2 Å². The largest absolute Gasteiger partial charge is 0.694 e. The maximum atomic E-state index is 13.5. The van der Waals surface area contributed by atoms with Crippen molar-refractivity contribution >= 4 is 20.0 Å². The Labute approximate surface area is 186 Å². The van der Waals surface area contributed by atoms with Gasteiger partial charge in [0, 0.05) is 16.0 Å². The van der Waals surface area contributed by atoms with E-state index in [9.17, 15) is 17.7 Å². The predicted molar refractivity (Wildman–Crippen MR) is 118 cm³/mol. The molecular formula is C22H28F3NO3PS+. The molecule has 2 aromatic carbocycles. The van der Waals surface area contributed by atoms with E-state index in [2.05, 4.69) is 22.0 Å². The molecule has 31 heavy (non-hydrogen) atoms. The van der Waals surface area contributed by atoms with Crippen molar-refractivity contribution in [2.45, 2.75) is 49.7 Å². The van der Waals surface area contributed by atoms with E-state index in [0.717, 1.165) is 31.4 Å². The molecule has 1 atom stereocenters. The Morgan fingerprint density at radius 1 is 1.03 bits per heavy atom. The van der Waals surface area contributed by atoms with Gasteiger partial charge in [0.15, 0.2) is 0 Å². The van der Waals surface area contributed by atoms with Crippen LogP contribution in [-0.2, 0) is 28.2 Å². The van der Waals surface area contributed by atoms with Crippen LogP contribution in [0.3, 0.4) is 0 Å². The molecule has 0 heterocycles. The summed E-state index contributed by atoms with van der Waals surface area (Å²) >= 11 is 1.45.